The number of terminal acetylenes is 1. The van der Waals surface area contributed by atoms with E-state index in [1.54, 1.807) is 10.6 Å². The summed E-state index contributed by atoms with van der Waals surface area (Å²) in [6, 6.07) is 9.42. The number of rotatable bonds is 3. The van der Waals surface area contributed by atoms with Crippen LogP contribution in [0.4, 0.5) is 0 Å². The average molecular weight is 414 g/mol. The molecule has 3 aromatic rings. The molecule has 0 spiro atoms. The molecule has 0 radical (unpaired) electrons. The van der Waals surface area contributed by atoms with E-state index in [9.17, 15) is 13.2 Å². The van der Waals surface area contributed by atoms with Crippen molar-refractivity contribution in [2.45, 2.75) is 11.4 Å². The maximum Gasteiger partial charge on any atom is 0.279 e. The molecule has 4 rings (SSSR count). The molecule has 0 saturated carbocycles. The Morgan fingerprint density at radius 1 is 1.29 bits per heavy atom. The van der Waals surface area contributed by atoms with Crippen LogP contribution in [0.3, 0.4) is 0 Å². The van der Waals surface area contributed by atoms with Crippen molar-refractivity contribution >= 4 is 37.3 Å². The van der Waals surface area contributed by atoms with Crippen molar-refractivity contribution in [1.82, 2.24) is 4.57 Å². The highest BCUT2D eigenvalue weighted by Crippen LogP contribution is 2.36. The molecule has 0 saturated heterocycles. The first-order valence-corrected chi connectivity index (χ1v) is 10.8. The van der Waals surface area contributed by atoms with E-state index in [4.69, 9.17) is 15.9 Å². The molecular formula is C19H14N2O5S2. The van der Waals surface area contributed by atoms with Crippen LogP contribution in [0.2, 0.25) is 0 Å². The predicted octanol–water partition coefficient (Wildman–Crippen LogP) is 2.21. The largest absolute Gasteiger partial charge is 0.454 e. The number of hydrogen-bond donors (Lipinski definition) is 0. The van der Waals surface area contributed by atoms with E-state index in [1.807, 2.05) is 6.07 Å². The van der Waals surface area contributed by atoms with Gasteiger partial charge in [-0.1, -0.05) is 23.3 Å². The fourth-order valence-electron chi connectivity index (χ4n) is 2.80. The van der Waals surface area contributed by atoms with Gasteiger partial charge in [-0.3, -0.25) is 4.79 Å². The summed E-state index contributed by atoms with van der Waals surface area (Å²) in [5, 5.41) is 0. The smallest absolute Gasteiger partial charge is 0.279 e. The molecule has 28 heavy (non-hydrogen) atoms. The summed E-state index contributed by atoms with van der Waals surface area (Å²) in [5.41, 5.74) is 0.963. The van der Waals surface area contributed by atoms with Gasteiger partial charge in [0, 0.05) is 24.0 Å². The Labute approximate surface area is 164 Å². The van der Waals surface area contributed by atoms with E-state index in [-0.39, 0.29) is 23.8 Å². The van der Waals surface area contributed by atoms with Gasteiger partial charge in [0.05, 0.1) is 21.7 Å². The van der Waals surface area contributed by atoms with Gasteiger partial charge in [0.15, 0.2) is 26.1 Å². The van der Waals surface area contributed by atoms with E-state index in [0.717, 1.165) is 16.5 Å². The molecule has 0 bridgehead atoms. The Kier molecular flexibility index (Phi) is 4.45. The third kappa shape index (κ3) is 3.28. The molecule has 9 heteroatoms. The second-order valence-corrected chi connectivity index (χ2v) is 9.09. The number of nitrogens with zero attached hydrogens (tertiary/aromatic N) is 2. The minimum Gasteiger partial charge on any atom is -0.454 e. The lowest BCUT2D eigenvalue weighted by Crippen LogP contribution is -2.16. The third-order valence-electron chi connectivity index (χ3n) is 4.13. The second kappa shape index (κ2) is 6.82. The van der Waals surface area contributed by atoms with Crippen molar-refractivity contribution < 1.29 is 22.7 Å². The molecule has 0 atom stereocenters. The van der Waals surface area contributed by atoms with E-state index < -0.39 is 15.7 Å². The standard InChI is InChI=1S/C19H14N2O5S2/c1-3-7-21-14-9-15-16(26-11-25-15)10-17(14)27-19(21)20-18(22)12-5-4-6-13(8-12)28(2,23)24/h1,4-6,8-10H,7,11H2,2H3. The van der Waals surface area contributed by atoms with Gasteiger partial charge in [-0.25, -0.2) is 8.42 Å². The van der Waals surface area contributed by atoms with Gasteiger partial charge < -0.3 is 14.0 Å². The molecule has 0 fully saturated rings. The summed E-state index contributed by atoms with van der Waals surface area (Å²) in [5.74, 6) is 3.24. The molecule has 0 N–H and O–H groups in total. The number of carbonyl (C=O) groups is 1. The van der Waals surface area contributed by atoms with Gasteiger partial charge in [-0.2, -0.15) is 4.99 Å². The van der Waals surface area contributed by atoms with Crippen LogP contribution in [0.1, 0.15) is 10.4 Å². The molecule has 1 amide bonds. The van der Waals surface area contributed by atoms with Gasteiger partial charge in [-0.05, 0) is 18.2 Å². The van der Waals surface area contributed by atoms with Crippen LogP contribution in [0.15, 0.2) is 46.3 Å². The lowest BCUT2D eigenvalue weighted by atomic mass is 10.2. The second-order valence-electron chi connectivity index (χ2n) is 6.07. The number of sulfone groups is 1. The maximum atomic E-state index is 12.7. The molecule has 1 aliphatic rings. The molecule has 142 valence electrons. The highest BCUT2D eigenvalue weighted by molar-refractivity contribution is 7.90. The molecule has 7 nitrogen and oxygen atoms in total. The van der Waals surface area contributed by atoms with Crippen LogP contribution in [0, 0.1) is 12.3 Å². The van der Waals surface area contributed by atoms with E-state index in [1.165, 1.54) is 35.6 Å². The molecule has 0 unspecified atom stereocenters. The normalized spacial score (nSPS) is 13.6. The van der Waals surface area contributed by atoms with Crippen LogP contribution in [0.25, 0.3) is 10.2 Å². The first kappa shape index (κ1) is 18.3. The van der Waals surface area contributed by atoms with Crippen LogP contribution < -0.4 is 14.3 Å². The Hall–Kier alpha value is -3.09. The molecular weight excluding hydrogens is 400 g/mol. The van der Waals surface area contributed by atoms with E-state index >= 15 is 0 Å². The van der Waals surface area contributed by atoms with Crippen molar-refractivity contribution in [2.75, 3.05) is 13.0 Å². The quantitative estimate of drug-likeness (QED) is 0.614. The van der Waals surface area contributed by atoms with Gasteiger partial charge in [0.1, 0.15) is 0 Å². The number of ether oxygens (including phenoxy) is 2. The fraction of sp³-hybridized carbons (Fsp3) is 0.158. The Morgan fingerprint density at radius 3 is 2.75 bits per heavy atom. The summed E-state index contributed by atoms with van der Waals surface area (Å²) < 4.78 is 36.8. The zero-order valence-electron chi connectivity index (χ0n) is 14.7. The molecule has 0 aliphatic carbocycles. The van der Waals surface area contributed by atoms with Gasteiger partial charge in [0.25, 0.3) is 5.91 Å². The van der Waals surface area contributed by atoms with Crippen molar-refractivity contribution in [3.63, 3.8) is 0 Å². The summed E-state index contributed by atoms with van der Waals surface area (Å²) >= 11 is 1.29. The average Bonchev–Trinajstić information content (AvgIpc) is 3.24. The number of carbonyl (C=O) groups excluding carboxylic acids is 1. The number of fused-ring (bicyclic) bond motifs is 2. The predicted molar refractivity (Wildman–Crippen MR) is 104 cm³/mol. The number of hydrogen-bond acceptors (Lipinski definition) is 6. The van der Waals surface area contributed by atoms with Crippen molar-refractivity contribution in [2.24, 2.45) is 4.99 Å². The number of aromatic nitrogens is 1. The van der Waals surface area contributed by atoms with Crippen LogP contribution in [-0.2, 0) is 16.4 Å². The highest BCUT2D eigenvalue weighted by atomic mass is 32.2. The maximum absolute atomic E-state index is 12.7. The van der Waals surface area contributed by atoms with Gasteiger partial charge in [0.2, 0.25) is 6.79 Å². The van der Waals surface area contributed by atoms with Crippen LogP contribution >= 0.6 is 11.3 Å². The van der Waals surface area contributed by atoms with Crippen molar-refractivity contribution in [3.8, 4) is 23.8 Å². The summed E-state index contributed by atoms with van der Waals surface area (Å²) in [6.07, 6.45) is 6.57. The summed E-state index contributed by atoms with van der Waals surface area (Å²) in [4.78, 5) is 17.3. The summed E-state index contributed by atoms with van der Waals surface area (Å²) in [6.45, 7) is 0.378. The Bertz CT molecular complexity index is 1330. The SMILES string of the molecule is C#CCn1c(=NC(=O)c2cccc(S(C)(=O)=O)c2)sc2cc3c(cc21)OCO3. The zero-order chi connectivity index (χ0) is 19.9. The van der Waals surface area contributed by atoms with Crippen molar-refractivity contribution in [3.05, 3.63) is 46.8 Å². The van der Waals surface area contributed by atoms with Crippen molar-refractivity contribution in [1.29, 1.82) is 0 Å². The molecule has 2 aromatic carbocycles. The lowest BCUT2D eigenvalue weighted by molar-refractivity contribution is 0.0997. The lowest BCUT2D eigenvalue weighted by Gasteiger charge is -2.02. The van der Waals surface area contributed by atoms with Crippen LogP contribution in [-0.4, -0.2) is 31.9 Å². The minimum absolute atomic E-state index is 0.0621. The van der Waals surface area contributed by atoms with Crippen LogP contribution in [0.5, 0.6) is 11.5 Å². The summed E-state index contributed by atoms with van der Waals surface area (Å²) in [7, 11) is -3.43. The van der Waals surface area contributed by atoms with E-state index in [0.29, 0.717) is 16.3 Å². The molecule has 2 heterocycles. The number of thiazole rings is 1. The fourth-order valence-corrected chi connectivity index (χ4v) is 4.51. The number of amides is 1. The highest BCUT2D eigenvalue weighted by Gasteiger charge is 2.18. The minimum atomic E-state index is -3.43. The van der Waals surface area contributed by atoms with E-state index in [2.05, 4.69) is 10.9 Å². The first-order chi connectivity index (χ1) is 13.4. The topological polar surface area (TPSA) is 87.0 Å². The monoisotopic (exact) mass is 414 g/mol. The third-order valence-corrected chi connectivity index (χ3v) is 6.28. The van der Waals surface area contributed by atoms with Gasteiger partial charge in [-0.15, -0.1) is 6.42 Å². The Morgan fingerprint density at radius 2 is 2.04 bits per heavy atom. The first-order valence-electron chi connectivity index (χ1n) is 8.12. The molecule has 1 aliphatic heterocycles. The number of benzene rings is 2. The molecule has 1 aromatic heterocycles. The van der Waals surface area contributed by atoms with Gasteiger partial charge >= 0.3 is 0 Å². The zero-order valence-corrected chi connectivity index (χ0v) is 16.3. The Balaban J connectivity index is 1.84.